The van der Waals surface area contributed by atoms with Crippen molar-refractivity contribution in [2.45, 2.75) is 51.6 Å². The minimum atomic E-state index is -0.327. The average molecular weight is 299 g/mol. The number of benzene rings is 1. The highest BCUT2D eigenvalue weighted by atomic mass is 35.5. The smallest absolute Gasteiger partial charge is 0.145 e. The van der Waals surface area contributed by atoms with Crippen LogP contribution in [-0.2, 0) is 0 Å². The van der Waals surface area contributed by atoms with Crippen molar-refractivity contribution in [2.24, 2.45) is 11.1 Å². The summed E-state index contributed by atoms with van der Waals surface area (Å²) in [5.41, 5.74) is 7.24. The molecule has 1 aromatic rings. The molecule has 0 aromatic heterocycles. The molecule has 1 heterocycles. The van der Waals surface area contributed by atoms with Gasteiger partial charge in [-0.15, -0.1) is 0 Å². The second-order valence-electron chi connectivity index (χ2n) is 6.56. The SMILES string of the molecule is CCC(C)(C)CC1NCC(c2cccc(Cl)c2F)C1N. The second-order valence-corrected chi connectivity index (χ2v) is 6.97. The summed E-state index contributed by atoms with van der Waals surface area (Å²) in [7, 11) is 0. The van der Waals surface area contributed by atoms with E-state index in [2.05, 4.69) is 26.1 Å². The van der Waals surface area contributed by atoms with Gasteiger partial charge in [-0.05, 0) is 23.5 Å². The van der Waals surface area contributed by atoms with Gasteiger partial charge in [0.05, 0.1) is 5.02 Å². The van der Waals surface area contributed by atoms with Crippen molar-refractivity contribution >= 4 is 11.6 Å². The number of rotatable bonds is 4. The lowest BCUT2D eigenvalue weighted by Crippen LogP contribution is -2.41. The number of nitrogens with one attached hydrogen (secondary N) is 1. The van der Waals surface area contributed by atoms with Crippen LogP contribution in [0.4, 0.5) is 4.39 Å². The first-order valence-electron chi connectivity index (χ1n) is 7.28. The van der Waals surface area contributed by atoms with Crippen LogP contribution in [0.15, 0.2) is 18.2 Å². The van der Waals surface area contributed by atoms with E-state index in [4.69, 9.17) is 17.3 Å². The summed E-state index contributed by atoms with van der Waals surface area (Å²) in [5, 5.41) is 3.63. The molecule has 3 N–H and O–H groups in total. The van der Waals surface area contributed by atoms with Gasteiger partial charge in [0, 0.05) is 24.5 Å². The van der Waals surface area contributed by atoms with E-state index in [-0.39, 0.29) is 34.3 Å². The van der Waals surface area contributed by atoms with Gasteiger partial charge in [0.25, 0.3) is 0 Å². The fraction of sp³-hybridized carbons (Fsp3) is 0.625. The highest BCUT2D eigenvalue weighted by molar-refractivity contribution is 6.30. The fourth-order valence-electron chi connectivity index (χ4n) is 2.90. The predicted octanol–water partition coefficient (Wildman–Crippen LogP) is 3.69. The summed E-state index contributed by atoms with van der Waals surface area (Å²) in [6.07, 6.45) is 2.11. The van der Waals surface area contributed by atoms with E-state index in [9.17, 15) is 4.39 Å². The lowest BCUT2D eigenvalue weighted by molar-refractivity contribution is 0.271. The van der Waals surface area contributed by atoms with Gasteiger partial charge < -0.3 is 11.1 Å². The summed E-state index contributed by atoms with van der Waals surface area (Å²) < 4.78 is 14.1. The van der Waals surface area contributed by atoms with Crippen LogP contribution in [0.25, 0.3) is 0 Å². The lowest BCUT2D eigenvalue weighted by Gasteiger charge is -2.29. The van der Waals surface area contributed by atoms with Crippen molar-refractivity contribution in [3.8, 4) is 0 Å². The van der Waals surface area contributed by atoms with Crippen LogP contribution in [0.2, 0.25) is 5.02 Å². The Kier molecular flexibility index (Phi) is 4.73. The highest BCUT2D eigenvalue weighted by Gasteiger charge is 2.37. The van der Waals surface area contributed by atoms with Gasteiger partial charge in [0.1, 0.15) is 5.82 Å². The Morgan fingerprint density at radius 1 is 1.45 bits per heavy atom. The van der Waals surface area contributed by atoms with Crippen LogP contribution < -0.4 is 11.1 Å². The molecule has 3 atom stereocenters. The predicted molar refractivity (Wildman–Crippen MR) is 82.6 cm³/mol. The van der Waals surface area contributed by atoms with E-state index in [0.717, 1.165) is 12.8 Å². The molecule has 0 radical (unpaired) electrons. The molecule has 1 aliphatic rings. The molecule has 2 nitrogen and oxygen atoms in total. The van der Waals surface area contributed by atoms with Crippen LogP contribution in [0.3, 0.4) is 0 Å². The molecule has 4 heteroatoms. The van der Waals surface area contributed by atoms with Crippen molar-refractivity contribution in [2.75, 3.05) is 6.54 Å². The molecule has 1 fully saturated rings. The number of nitrogens with two attached hydrogens (primary N) is 1. The molecular formula is C16H24ClFN2. The van der Waals surface area contributed by atoms with Crippen molar-refractivity contribution in [1.29, 1.82) is 0 Å². The molecule has 0 amide bonds. The zero-order valence-electron chi connectivity index (χ0n) is 12.4. The Morgan fingerprint density at radius 3 is 2.80 bits per heavy atom. The van der Waals surface area contributed by atoms with Crippen LogP contribution >= 0.6 is 11.6 Å². The first-order valence-corrected chi connectivity index (χ1v) is 7.66. The second kappa shape index (κ2) is 6.00. The topological polar surface area (TPSA) is 38.0 Å². The lowest BCUT2D eigenvalue weighted by atomic mass is 9.80. The minimum absolute atomic E-state index is 0.00800. The highest BCUT2D eigenvalue weighted by Crippen LogP contribution is 2.35. The summed E-state index contributed by atoms with van der Waals surface area (Å²) in [6, 6.07) is 5.31. The molecule has 20 heavy (non-hydrogen) atoms. The van der Waals surface area contributed by atoms with Crippen molar-refractivity contribution in [3.05, 3.63) is 34.6 Å². The first-order chi connectivity index (χ1) is 9.35. The third-order valence-corrected chi connectivity index (χ3v) is 4.93. The van der Waals surface area contributed by atoms with Crippen molar-refractivity contribution < 1.29 is 4.39 Å². The Hall–Kier alpha value is -0.640. The van der Waals surface area contributed by atoms with E-state index in [0.29, 0.717) is 12.1 Å². The van der Waals surface area contributed by atoms with Crippen molar-refractivity contribution in [3.63, 3.8) is 0 Å². The standard InChI is InChI=1S/C16H24ClFN2/c1-4-16(2,3)8-13-15(19)11(9-20-13)10-6-5-7-12(17)14(10)18/h5-7,11,13,15,20H,4,8-9,19H2,1-3H3. The molecule has 3 unspecified atom stereocenters. The van der Waals surface area contributed by atoms with Gasteiger partial charge in [0.2, 0.25) is 0 Å². The molecule has 0 spiro atoms. The summed E-state index contributed by atoms with van der Waals surface area (Å²) in [6.45, 7) is 7.39. The third kappa shape index (κ3) is 3.16. The monoisotopic (exact) mass is 298 g/mol. The molecule has 1 aliphatic heterocycles. The van der Waals surface area contributed by atoms with Crippen LogP contribution in [-0.4, -0.2) is 18.6 Å². The molecule has 0 bridgehead atoms. The summed E-state index contributed by atoms with van der Waals surface area (Å²) in [5.74, 6) is -0.335. The molecule has 1 saturated heterocycles. The molecule has 0 aliphatic carbocycles. The maximum atomic E-state index is 14.1. The van der Waals surface area contributed by atoms with E-state index in [1.165, 1.54) is 0 Å². The van der Waals surface area contributed by atoms with Gasteiger partial charge in [-0.3, -0.25) is 0 Å². The molecule has 1 aromatic carbocycles. The van der Waals surface area contributed by atoms with Gasteiger partial charge in [-0.1, -0.05) is 50.9 Å². The summed E-state index contributed by atoms with van der Waals surface area (Å²) in [4.78, 5) is 0. The van der Waals surface area contributed by atoms with E-state index < -0.39 is 0 Å². The quantitative estimate of drug-likeness (QED) is 0.890. The van der Waals surface area contributed by atoms with Gasteiger partial charge >= 0.3 is 0 Å². The Balaban J connectivity index is 2.15. The van der Waals surface area contributed by atoms with Gasteiger partial charge in [-0.2, -0.15) is 0 Å². The normalized spacial score (nSPS) is 27.0. The molecule has 112 valence electrons. The Bertz CT molecular complexity index is 476. The van der Waals surface area contributed by atoms with Gasteiger partial charge in [-0.25, -0.2) is 4.39 Å². The first kappa shape index (κ1) is 15.7. The maximum absolute atomic E-state index is 14.1. The average Bonchev–Trinajstić information content (AvgIpc) is 2.74. The Labute approximate surface area is 125 Å². The molecule has 2 rings (SSSR count). The number of hydrogen-bond donors (Lipinski definition) is 2. The van der Waals surface area contributed by atoms with Crippen molar-refractivity contribution in [1.82, 2.24) is 5.32 Å². The van der Waals surface area contributed by atoms with Crippen LogP contribution in [0.5, 0.6) is 0 Å². The van der Waals surface area contributed by atoms with E-state index in [1.54, 1.807) is 18.2 Å². The van der Waals surface area contributed by atoms with Gasteiger partial charge in [0.15, 0.2) is 0 Å². The largest absolute Gasteiger partial charge is 0.326 e. The maximum Gasteiger partial charge on any atom is 0.145 e. The Morgan fingerprint density at radius 2 is 2.15 bits per heavy atom. The van der Waals surface area contributed by atoms with Crippen LogP contribution in [0.1, 0.15) is 45.1 Å². The van der Waals surface area contributed by atoms with Crippen LogP contribution in [0, 0.1) is 11.2 Å². The van der Waals surface area contributed by atoms with E-state index in [1.807, 2.05) is 0 Å². The zero-order chi connectivity index (χ0) is 14.9. The molecular weight excluding hydrogens is 275 g/mol. The fourth-order valence-corrected chi connectivity index (χ4v) is 3.08. The van der Waals surface area contributed by atoms with E-state index >= 15 is 0 Å². The number of halogens is 2. The minimum Gasteiger partial charge on any atom is -0.326 e. The zero-order valence-corrected chi connectivity index (χ0v) is 13.2. The third-order valence-electron chi connectivity index (χ3n) is 4.64. The number of hydrogen-bond acceptors (Lipinski definition) is 2. The summed E-state index contributed by atoms with van der Waals surface area (Å²) >= 11 is 5.87. The molecule has 0 saturated carbocycles.